The van der Waals surface area contributed by atoms with Crippen LogP contribution in [0.15, 0.2) is 59.6 Å². The molecule has 0 aromatic carbocycles. The van der Waals surface area contributed by atoms with E-state index in [1.807, 2.05) is 49.5 Å². The first-order chi connectivity index (χ1) is 10.5. The van der Waals surface area contributed by atoms with Crippen LogP contribution in [0.25, 0.3) is 0 Å². The molecule has 0 aromatic heterocycles. The largest absolute Gasteiger partial charge is 0.490 e. The molecule has 2 N–H and O–H groups in total. The Kier molecular flexibility index (Phi) is 5.39. The Hall–Kier alpha value is -2.07. The average molecular weight is 301 g/mol. The van der Waals surface area contributed by atoms with Crippen molar-refractivity contribution in [1.82, 2.24) is 5.32 Å². The van der Waals surface area contributed by atoms with E-state index in [9.17, 15) is 9.90 Å². The first-order valence-corrected chi connectivity index (χ1v) is 7.55. The van der Waals surface area contributed by atoms with E-state index >= 15 is 0 Å². The molecule has 0 saturated carbocycles. The maximum Gasteiger partial charge on any atom is 0.259 e. The van der Waals surface area contributed by atoms with Gasteiger partial charge in [-0.25, -0.2) is 0 Å². The van der Waals surface area contributed by atoms with Crippen molar-refractivity contribution in [3.05, 3.63) is 59.6 Å². The topological polar surface area (TPSA) is 58.6 Å². The molecule has 2 aliphatic carbocycles. The Balaban J connectivity index is 1.90. The molecule has 2 aliphatic rings. The molecule has 0 aromatic rings. The second-order valence-corrected chi connectivity index (χ2v) is 5.84. The predicted molar refractivity (Wildman–Crippen MR) is 86.8 cm³/mol. The van der Waals surface area contributed by atoms with Crippen molar-refractivity contribution < 1.29 is 14.6 Å². The second kappa shape index (κ2) is 7.27. The summed E-state index contributed by atoms with van der Waals surface area (Å²) in [6.07, 6.45) is 16.2. The molecule has 0 aliphatic heterocycles. The summed E-state index contributed by atoms with van der Waals surface area (Å²) in [4.78, 5) is 12.2. The van der Waals surface area contributed by atoms with Gasteiger partial charge in [-0.1, -0.05) is 29.9 Å². The quantitative estimate of drug-likeness (QED) is 0.821. The van der Waals surface area contributed by atoms with Crippen LogP contribution in [0.5, 0.6) is 0 Å². The smallest absolute Gasteiger partial charge is 0.259 e. The van der Waals surface area contributed by atoms with Crippen LogP contribution in [0, 0.1) is 0 Å². The van der Waals surface area contributed by atoms with Gasteiger partial charge < -0.3 is 15.2 Å². The number of carbonyl (C=O) groups is 1. The first-order valence-electron chi connectivity index (χ1n) is 7.55. The van der Waals surface area contributed by atoms with Gasteiger partial charge in [0, 0.05) is 5.70 Å². The molecule has 1 amide bonds. The lowest BCUT2D eigenvalue weighted by atomic mass is 10.1. The molecule has 22 heavy (non-hydrogen) atoms. The van der Waals surface area contributed by atoms with Gasteiger partial charge >= 0.3 is 0 Å². The molecule has 4 nitrogen and oxygen atoms in total. The van der Waals surface area contributed by atoms with Crippen LogP contribution in [-0.2, 0) is 9.53 Å². The van der Waals surface area contributed by atoms with E-state index in [1.165, 1.54) is 12.5 Å². The maximum atomic E-state index is 12.2. The van der Waals surface area contributed by atoms with Crippen LogP contribution in [-0.4, -0.2) is 23.2 Å². The molecule has 118 valence electrons. The summed E-state index contributed by atoms with van der Waals surface area (Å²) < 4.78 is 5.52. The van der Waals surface area contributed by atoms with Crippen LogP contribution < -0.4 is 5.32 Å². The summed E-state index contributed by atoms with van der Waals surface area (Å²) in [6, 6.07) is 0. The minimum absolute atomic E-state index is 0.0801. The molecule has 0 heterocycles. The minimum atomic E-state index is -1.59. The first kappa shape index (κ1) is 16.3. The molecule has 0 radical (unpaired) electrons. The van der Waals surface area contributed by atoms with Gasteiger partial charge in [0.25, 0.3) is 5.91 Å². The van der Waals surface area contributed by atoms with E-state index in [4.69, 9.17) is 4.74 Å². The SMILES string of the molecule is CC1=CC=CC(NC(=O)[C@@](C)(O)COC2=CCCC=C2)=CC1. The summed E-state index contributed by atoms with van der Waals surface area (Å²) in [7, 11) is 0. The lowest BCUT2D eigenvalue weighted by molar-refractivity contribution is -0.141. The molecule has 0 unspecified atom stereocenters. The number of hydrogen-bond donors (Lipinski definition) is 2. The van der Waals surface area contributed by atoms with E-state index < -0.39 is 11.5 Å². The molecule has 0 bridgehead atoms. The Bertz CT molecular complexity index is 577. The fourth-order valence-corrected chi connectivity index (χ4v) is 2.07. The van der Waals surface area contributed by atoms with Crippen molar-refractivity contribution in [2.24, 2.45) is 0 Å². The van der Waals surface area contributed by atoms with Gasteiger partial charge in [-0.05, 0) is 51.3 Å². The Morgan fingerprint density at radius 2 is 2.18 bits per heavy atom. The number of carbonyl (C=O) groups excluding carboxylic acids is 1. The third kappa shape index (κ3) is 4.74. The van der Waals surface area contributed by atoms with Crippen LogP contribution >= 0.6 is 0 Å². The average Bonchev–Trinajstić information content (AvgIpc) is 2.71. The molecule has 0 saturated heterocycles. The van der Waals surface area contributed by atoms with E-state index in [2.05, 4.69) is 5.32 Å². The van der Waals surface area contributed by atoms with Gasteiger partial charge in [-0.2, -0.15) is 0 Å². The maximum absolute atomic E-state index is 12.2. The Morgan fingerprint density at radius 3 is 2.91 bits per heavy atom. The van der Waals surface area contributed by atoms with Crippen LogP contribution in [0.4, 0.5) is 0 Å². The highest BCUT2D eigenvalue weighted by molar-refractivity contribution is 5.86. The summed E-state index contributed by atoms with van der Waals surface area (Å²) in [6.45, 7) is 3.41. The number of nitrogens with one attached hydrogen (secondary N) is 1. The van der Waals surface area contributed by atoms with Crippen LogP contribution in [0.2, 0.25) is 0 Å². The lowest BCUT2D eigenvalue weighted by Crippen LogP contribution is -2.47. The number of amides is 1. The molecular weight excluding hydrogens is 278 g/mol. The molecule has 2 rings (SSSR count). The number of hydrogen-bond acceptors (Lipinski definition) is 3. The van der Waals surface area contributed by atoms with E-state index in [1.54, 1.807) is 0 Å². The van der Waals surface area contributed by atoms with E-state index in [0.717, 1.165) is 19.3 Å². The van der Waals surface area contributed by atoms with Crippen LogP contribution in [0.1, 0.15) is 33.1 Å². The highest BCUT2D eigenvalue weighted by Gasteiger charge is 2.31. The Labute approximate surface area is 131 Å². The van der Waals surface area contributed by atoms with Crippen molar-refractivity contribution in [2.75, 3.05) is 6.61 Å². The number of aliphatic hydroxyl groups is 1. The number of ether oxygens (including phenoxy) is 1. The van der Waals surface area contributed by atoms with Gasteiger partial charge in [0.05, 0.1) is 0 Å². The van der Waals surface area contributed by atoms with Gasteiger partial charge in [0.15, 0.2) is 5.60 Å². The summed E-state index contributed by atoms with van der Waals surface area (Å²) >= 11 is 0. The highest BCUT2D eigenvalue weighted by Crippen LogP contribution is 2.15. The van der Waals surface area contributed by atoms with E-state index in [0.29, 0.717) is 11.5 Å². The third-order valence-electron chi connectivity index (χ3n) is 3.53. The minimum Gasteiger partial charge on any atom is -0.490 e. The molecular formula is C18H23NO3. The fraction of sp³-hybridized carbons (Fsp3) is 0.389. The third-order valence-corrected chi connectivity index (χ3v) is 3.53. The predicted octanol–water partition coefficient (Wildman–Crippen LogP) is 2.89. The number of allylic oxidation sites excluding steroid dienone is 8. The number of rotatable bonds is 5. The van der Waals surface area contributed by atoms with Crippen molar-refractivity contribution >= 4 is 5.91 Å². The van der Waals surface area contributed by atoms with Gasteiger partial charge in [-0.3, -0.25) is 4.79 Å². The fourth-order valence-electron chi connectivity index (χ4n) is 2.07. The Morgan fingerprint density at radius 1 is 1.36 bits per heavy atom. The lowest BCUT2D eigenvalue weighted by Gasteiger charge is -2.23. The van der Waals surface area contributed by atoms with Gasteiger partial charge in [0.2, 0.25) is 0 Å². The van der Waals surface area contributed by atoms with Gasteiger partial charge in [-0.15, -0.1) is 0 Å². The zero-order valence-electron chi connectivity index (χ0n) is 13.1. The molecule has 4 heteroatoms. The van der Waals surface area contributed by atoms with Crippen LogP contribution in [0.3, 0.4) is 0 Å². The summed E-state index contributed by atoms with van der Waals surface area (Å²) in [5, 5.41) is 13.1. The van der Waals surface area contributed by atoms with Crippen molar-refractivity contribution in [3.63, 3.8) is 0 Å². The summed E-state index contributed by atoms with van der Waals surface area (Å²) in [5.41, 5.74) is 0.317. The van der Waals surface area contributed by atoms with Crippen molar-refractivity contribution in [1.29, 1.82) is 0 Å². The van der Waals surface area contributed by atoms with Gasteiger partial charge in [0.1, 0.15) is 12.4 Å². The van der Waals surface area contributed by atoms with Crippen molar-refractivity contribution in [2.45, 2.75) is 38.7 Å². The monoisotopic (exact) mass is 301 g/mol. The van der Waals surface area contributed by atoms with Crippen molar-refractivity contribution in [3.8, 4) is 0 Å². The standard InChI is InChI=1S/C18H23NO3/c1-14-7-6-8-15(12-11-14)19-17(20)18(2,21)13-22-16-9-4-3-5-10-16/h4,6-10,12,21H,3,5,11,13H2,1-2H3,(H,19,20)/t18-/m0/s1. The zero-order chi connectivity index (χ0) is 16.0. The highest BCUT2D eigenvalue weighted by atomic mass is 16.5. The zero-order valence-corrected chi connectivity index (χ0v) is 13.1. The normalized spacial score (nSPS) is 20.2. The summed E-state index contributed by atoms with van der Waals surface area (Å²) in [5.74, 6) is 0.232. The molecule has 0 spiro atoms. The van der Waals surface area contributed by atoms with E-state index in [-0.39, 0.29) is 6.61 Å². The molecule has 1 atom stereocenters. The molecule has 0 fully saturated rings. The second-order valence-electron chi connectivity index (χ2n) is 5.84.